The molecule has 0 radical (unpaired) electrons. The fourth-order valence-electron chi connectivity index (χ4n) is 1.99. The van der Waals surface area contributed by atoms with Gasteiger partial charge in [0.2, 0.25) is 0 Å². The van der Waals surface area contributed by atoms with Gasteiger partial charge in [-0.15, -0.1) is 0 Å². The predicted octanol–water partition coefficient (Wildman–Crippen LogP) is 3.53. The molecule has 0 saturated heterocycles. The first-order chi connectivity index (χ1) is 8.21. The van der Waals surface area contributed by atoms with Crippen LogP contribution in [0.25, 0.3) is 0 Å². The topological polar surface area (TPSA) is 29.3 Å². The van der Waals surface area contributed by atoms with Crippen LogP contribution >= 0.6 is 15.9 Å². The van der Waals surface area contributed by atoms with Gasteiger partial charge < -0.3 is 5.73 Å². The lowest BCUT2D eigenvalue weighted by atomic mass is 10.1. The highest BCUT2D eigenvalue weighted by Gasteiger charge is 2.07. The zero-order valence-electron chi connectivity index (χ0n) is 10.9. The van der Waals surface area contributed by atoms with E-state index in [4.69, 9.17) is 5.73 Å². The smallest absolute Gasteiger partial charge is 0.0244 e. The average molecular weight is 299 g/mol. The molecule has 0 saturated carbocycles. The van der Waals surface area contributed by atoms with Crippen molar-refractivity contribution in [3.05, 3.63) is 33.8 Å². The molecule has 0 aliphatic carbocycles. The fraction of sp³-hybridized carbons (Fsp3) is 0.571. The molecule has 0 atom stereocenters. The van der Waals surface area contributed by atoms with Crippen LogP contribution in [-0.4, -0.2) is 18.0 Å². The van der Waals surface area contributed by atoms with E-state index in [1.165, 1.54) is 41.5 Å². The molecule has 0 aliphatic rings. The summed E-state index contributed by atoms with van der Waals surface area (Å²) >= 11 is 3.64. The molecule has 1 rings (SSSR count). The quantitative estimate of drug-likeness (QED) is 0.834. The number of nitrogens with two attached hydrogens (primary N) is 1. The van der Waals surface area contributed by atoms with Crippen molar-refractivity contribution in [2.24, 2.45) is 5.73 Å². The van der Waals surface area contributed by atoms with Crippen molar-refractivity contribution >= 4 is 15.9 Å². The van der Waals surface area contributed by atoms with Gasteiger partial charge in [0.05, 0.1) is 0 Å². The number of nitrogens with zero attached hydrogens (tertiary/aromatic N) is 1. The normalized spacial score (nSPS) is 11.1. The maximum absolute atomic E-state index is 5.63. The summed E-state index contributed by atoms with van der Waals surface area (Å²) in [6.45, 7) is 8.42. The van der Waals surface area contributed by atoms with E-state index >= 15 is 0 Å². The predicted molar refractivity (Wildman–Crippen MR) is 77.9 cm³/mol. The van der Waals surface area contributed by atoms with Crippen molar-refractivity contribution in [1.82, 2.24) is 4.90 Å². The average Bonchev–Trinajstić information content (AvgIpc) is 2.32. The zero-order valence-corrected chi connectivity index (χ0v) is 12.5. The Labute approximate surface area is 113 Å². The summed E-state index contributed by atoms with van der Waals surface area (Å²) in [6.07, 6.45) is 2.41. The number of benzene rings is 1. The molecule has 1 aromatic rings. The third-order valence-electron chi connectivity index (χ3n) is 2.83. The van der Waals surface area contributed by atoms with Gasteiger partial charge in [0.25, 0.3) is 0 Å². The number of hydrogen-bond donors (Lipinski definition) is 1. The summed E-state index contributed by atoms with van der Waals surface area (Å²) in [4.78, 5) is 2.50. The van der Waals surface area contributed by atoms with Gasteiger partial charge in [-0.2, -0.15) is 0 Å². The van der Waals surface area contributed by atoms with Crippen molar-refractivity contribution in [2.75, 3.05) is 13.1 Å². The van der Waals surface area contributed by atoms with Crippen molar-refractivity contribution < 1.29 is 0 Å². The molecule has 0 heterocycles. The molecule has 0 fully saturated rings. The Balaban J connectivity index is 2.71. The van der Waals surface area contributed by atoms with E-state index in [1.54, 1.807) is 0 Å². The summed E-state index contributed by atoms with van der Waals surface area (Å²) in [5, 5.41) is 0. The summed E-state index contributed by atoms with van der Waals surface area (Å²) in [5.41, 5.74) is 8.16. The van der Waals surface area contributed by atoms with E-state index in [-0.39, 0.29) is 0 Å². The summed E-state index contributed by atoms with van der Waals surface area (Å²) < 4.78 is 1.18. The molecule has 2 nitrogen and oxygen atoms in total. The van der Waals surface area contributed by atoms with E-state index in [9.17, 15) is 0 Å². The van der Waals surface area contributed by atoms with Gasteiger partial charge in [-0.1, -0.05) is 41.9 Å². The maximum Gasteiger partial charge on any atom is 0.0244 e. The third-order valence-corrected chi connectivity index (χ3v) is 3.57. The Kier molecular flexibility index (Phi) is 6.78. The largest absolute Gasteiger partial charge is 0.326 e. The molecule has 1 aromatic carbocycles. The number of hydrogen-bond acceptors (Lipinski definition) is 2. The molecule has 0 spiro atoms. The molecule has 3 heteroatoms. The van der Waals surface area contributed by atoms with E-state index in [0.29, 0.717) is 6.54 Å². The van der Waals surface area contributed by atoms with Crippen LogP contribution in [0.5, 0.6) is 0 Å². The Morgan fingerprint density at radius 3 is 2.29 bits per heavy atom. The van der Waals surface area contributed by atoms with Crippen LogP contribution in [0.15, 0.2) is 22.7 Å². The van der Waals surface area contributed by atoms with Gasteiger partial charge >= 0.3 is 0 Å². The molecule has 0 aliphatic heterocycles. The molecule has 0 unspecified atom stereocenters. The van der Waals surface area contributed by atoms with E-state index in [0.717, 1.165) is 6.54 Å². The molecule has 0 amide bonds. The molecule has 17 heavy (non-hydrogen) atoms. The van der Waals surface area contributed by atoms with Crippen LogP contribution < -0.4 is 5.73 Å². The monoisotopic (exact) mass is 298 g/mol. The summed E-state index contributed by atoms with van der Waals surface area (Å²) in [7, 11) is 0. The van der Waals surface area contributed by atoms with Crippen molar-refractivity contribution in [1.29, 1.82) is 0 Å². The summed E-state index contributed by atoms with van der Waals surface area (Å²) in [5.74, 6) is 0. The van der Waals surface area contributed by atoms with Crippen molar-refractivity contribution in [2.45, 2.75) is 39.8 Å². The first kappa shape index (κ1) is 14.7. The highest BCUT2D eigenvalue weighted by Crippen LogP contribution is 2.20. The maximum atomic E-state index is 5.63. The Bertz CT molecular complexity index is 333. The summed E-state index contributed by atoms with van der Waals surface area (Å²) in [6, 6.07) is 6.44. The lowest BCUT2D eigenvalue weighted by molar-refractivity contribution is 0.266. The molecular weight excluding hydrogens is 276 g/mol. The van der Waals surface area contributed by atoms with Gasteiger partial charge in [0, 0.05) is 17.6 Å². The van der Waals surface area contributed by atoms with Crippen LogP contribution in [0.3, 0.4) is 0 Å². The molecule has 0 bridgehead atoms. The molecule has 96 valence electrons. The van der Waals surface area contributed by atoms with Crippen LogP contribution in [0.4, 0.5) is 0 Å². The molecular formula is C14H23BrN2. The highest BCUT2D eigenvalue weighted by molar-refractivity contribution is 9.10. The van der Waals surface area contributed by atoms with Crippen LogP contribution in [0.1, 0.15) is 37.8 Å². The Hall–Kier alpha value is -0.380. The standard InChI is InChI=1S/C14H23BrN2/c1-3-7-17(8-4-2)11-13-6-5-12(10-16)9-14(13)15/h5-6,9H,3-4,7-8,10-11,16H2,1-2H3. The van der Waals surface area contributed by atoms with E-state index in [2.05, 4.69) is 52.9 Å². The van der Waals surface area contributed by atoms with Crippen molar-refractivity contribution in [3.8, 4) is 0 Å². The lowest BCUT2D eigenvalue weighted by Gasteiger charge is -2.21. The second kappa shape index (κ2) is 7.85. The second-order valence-corrected chi connectivity index (χ2v) is 5.26. The van der Waals surface area contributed by atoms with Crippen LogP contribution in [-0.2, 0) is 13.1 Å². The fourth-order valence-corrected chi connectivity index (χ4v) is 2.54. The first-order valence-electron chi connectivity index (χ1n) is 6.41. The lowest BCUT2D eigenvalue weighted by Crippen LogP contribution is -2.25. The van der Waals surface area contributed by atoms with Crippen LogP contribution in [0, 0.1) is 0 Å². The third kappa shape index (κ3) is 4.78. The van der Waals surface area contributed by atoms with Crippen LogP contribution in [0.2, 0.25) is 0 Å². The number of halogens is 1. The number of rotatable bonds is 7. The Morgan fingerprint density at radius 1 is 1.18 bits per heavy atom. The SMILES string of the molecule is CCCN(CCC)Cc1ccc(CN)cc1Br. The van der Waals surface area contributed by atoms with Gasteiger partial charge in [0.1, 0.15) is 0 Å². The van der Waals surface area contributed by atoms with E-state index in [1.807, 2.05) is 0 Å². The minimum Gasteiger partial charge on any atom is -0.326 e. The second-order valence-electron chi connectivity index (χ2n) is 4.41. The van der Waals surface area contributed by atoms with Gasteiger partial charge in [-0.05, 0) is 43.1 Å². The zero-order chi connectivity index (χ0) is 12.7. The van der Waals surface area contributed by atoms with Gasteiger partial charge in [0.15, 0.2) is 0 Å². The Morgan fingerprint density at radius 2 is 1.82 bits per heavy atom. The molecule has 2 N–H and O–H groups in total. The van der Waals surface area contributed by atoms with Gasteiger partial charge in [-0.3, -0.25) is 4.90 Å². The first-order valence-corrected chi connectivity index (χ1v) is 7.20. The minimum atomic E-state index is 0.604. The minimum absolute atomic E-state index is 0.604. The highest BCUT2D eigenvalue weighted by atomic mass is 79.9. The molecule has 0 aromatic heterocycles. The van der Waals surface area contributed by atoms with Crippen molar-refractivity contribution in [3.63, 3.8) is 0 Å². The van der Waals surface area contributed by atoms with Gasteiger partial charge in [-0.25, -0.2) is 0 Å². The van der Waals surface area contributed by atoms with E-state index < -0.39 is 0 Å².